The van der Waals surface area contributed by atoms with E-state index in [0.717, 1.165) is 17.8 Å². The summed E-state index contributed by atoms with van der Waals surface area (Å²) in [5.41, 5.74) is 1.66. The largest absolute Gasteiger partial charge is 0.508 e. The average molecular weight is 258 g/mol. The Labute approximate surface area is 114 Å². The summed E-state index contributed by atoms with van der Waals surface area (Å²) < 4.78 is 0. The van der Waals surface area contributed by atoms with E-state index in [1.165, 1.54) is 37.7 Å². The fourth-order valence-electron chi connectivity index (χ4n) is 5.63. The van der Waals surface area contributed by atoms with Gasteiger partial charge in [0.25, 0.3) is 0 Å². The Kier molecular flexibility index (Phi) is 2.47. The quantitative estimate of drug-likeness (QED) is 0.854. The first-order valence-electron chi connectivity index (χ1n) is 7.59. The van der Waals surface area contributed by atoms with Crippen molar-refractivity contribution < 1.29 is 10.2 Å². The van der Waals surface area contributed by atoms with Crippen molar-refractivity contribution in [3.63, 3.8) is 0 Å². The van der Waals surface area contributed by atoms with Crippen LogP contribution < -0.4 is 0 Å². The van der Waals surface area contributed by atoms with E-state index in [2.05, 4.69) is 12.1 Å². The highest BCUT2D eigenvalue weighted by Crippen LogP contribution is 2.64. The number of aliphatic hydroxyl groups excluding tert-OH is 1. The van der Waals surface area contributed by atoms with Gasteiger partial charge in [-0.1, -0.05) is 12.1 Å². The summed E-state index contributed by atoms with van der Waals surface area (Å²) in [6.45, 7) is 0.388. The van der Waals surface area contributed by atoms with E-state index in [-0.39, 0.29) is 5.41 Å². The Morgan fingerprint density at radius 2 is 1.63 bits per heavy atom. The zero-order valence-electron chi connectivity index (χ0n) is 11.3. The van der Waals surface area contributed by atoms with Crippen LogP contribution in [0.1, 0.15) is 43.6 Å². The zero-order chi connectivity index (χ0) is 13.0. The van der Waals surface area contributed by atoms with E-state index in [0.29, 0.717) is 18.3 Å². The molecule has 5 rings (SSSR count). The smallest absolute Gasteiger partial charge is 0.115 e. The van der Waals surface area contributed by atoms with Gasteiger partial charge in [-0.25, -0.2) is 0 Å². The first-order chi connectivity index (χ1) is 9.19. The van der Waals surface area contributed by atoms with Gasteiger partial charge in [-0.15, -0.1) is 0 Å². The minimum atomic E-state index is 0.254. The number of rotatable bonds is 2. The van der Waals surface area contributed by atoms with Crippen LogP contribution in [0.2, 0.25) is 0 Å². The molecule has 0 radical (unpaired) electrons. The molecule has 0 aromatic heterocycles. The van der Waals surface area contributed by atoms with Crippen LogP contribution in [-0.4, -0.2) is 16.8 Å². The molecular weight excluding hydrogens is 236 g/mol. The molecule has 0 heterocycles. The number of aliphatic hydroxyl groups is 1. The first-order valence-corrected chi connectivity index (χ1v) is 7.59. The maximum Gasteiger partial charge on any atom is 0.115 e. The van der Waals surface area contributed by atoms with Gasteiger partial charge in [0.05, 0.1) is 0 Å². The molecule has 2 unspecified atom stereocenters. The van der Waals surface area contributed by atoms with E-state index >= 15 is 0 Å². The third-order valence-corrected chi connectivity index (χ3v) is 6.01. The molecule has 2 N–H and O–H groups in total. The van der Waals surface area contributed by atoms with Crippen LogP contribution >= 0.6 is 0 Å². The van der Waals surface area contributed by atoms with Crippen LogP contribution in [0.5, 0.6) is 5.75 Å². The second-order valence-electron chi connectivity index (χ2n) is 7.25. The van der Waals surface area contributed by atoms with Crippen molar-refractivity contribution in [3.05, 3.63) is 29.8 Å². The molecule has 2 nitrogen and oxygen atoms in total. The number of aromatic hydroxyl groups is 1. The highest BCUT2D eigenvalue weighted by Gasteiger charge is 2.55. The summed E-state index contributed by atoms with van der Waals surface area (Å²) in [4.78, 5) is 0. The van der Waals surface area contributed by atoms with Gasteiger partial charge in [-0.05, 0) is 78.9 Å². The van der Waals surface area contributed by atoms with Crippen LogP contribution in [0.25, 0.3) is 0 Å². The zero-order valence-corrected chi connectivity index (χ0v) is 11.3. The number of phenols is 1. The molecular formula is C17H22O2. The molecule has 0 spiro atoms. The maximum atomic E-state index is 9.79. The van der Waals surface area contributed by atoms with Crippen molar-refractivity contribution in [3.8, 4) is 5.75 Å². The highest BCUT2D eigenvalue weighted by molar-refractivity contribution is 5.31. The second-order valence-corrected chi connectivity index (χ2v) is 7.25. The van der Waals surface area contributed by atoms with Crippen molar-refractivity contribution in [2.45, 2.75) is 38.0 Å². The molecule has 2 heteroatoms. The fraction of sp³-hybridized carbons (Fsp3) is 0.647. The molecule has 1 aromatic carbocycles. The molecule has 4 bridgehead atoms. The topological polar surface area (TPSA) is 40.5 Å². The van der Waals surface area contributed by atoms with Crippen LogP contribution in [0.15, 0.2) is 24.3 Å². The molecule has 2 atom stereocenters. The molecule has 19 heavy (non-hydrogen) atoms. The van der Waals surface area contributed by atoms with E-state index in [1.54, 1.807) is 0 Å². The van der Waals surface area contributed by atoms with Gasteiger partial charge < -0.3 is 10.2 Å². The van der Waals surface area contributed by atoms with E-state index in [9.17, 15) is 10.2 Å². The molecule has 1 aromatic rings. The number of hydrogen-bond donors (Lipinski definition) is 2. The average Bonchev–Trinajstić information content (AvgIpc) is 2.40. The summed E-state index contributed by atoms with van der Waals surface area (Å²) >= 11 is 0. The monoisotopic (exact) mass is 258 g/mol. The minimum Gasteiger partial charge on any atom is -0.508 e. The van der Waals surface area contributed by atoms with Gasteiger partial charge in [0.15, 0.2) is 0 Å². The summed E-state index contributed by atoms with van der Waals surface area (Å²) in [5.74, 6) is 3.39. The van der Waals surface area contributed by atoms with Crippen LogP contribution in [0.3, 0.4) is 0 Å². The van der Waals surface area contributed by atoms with E-state index in [1.807, 2.05) is 12.1 Å². The Hall–Kier alpha value is -1.02. The molecule has 0 amide bonds. The van der Waals surface area contributed by atoms with Gasteiger partial charge >= 0.3 is 0 Å². The normalized spacial score (nSPS) is 43.6. The predicted octanol–water partition coefficient (Wildman–Crippen LogP) is 3.29. The molecule has 4 aliphatic rings. The molecule has 4 fully saturated rings. The minimum absolute atomic E-state index is 0.254. The predicted molar refractivity (Wildman–Crippen MR) is 73.9 cm³/mol. The molecule has 102 valence electrons. The summed E-state index contributed by atoms with van der Waals surface area (Å²) in [5, 5.41) is 19.2. The SMILES string of the molecule is OCC12CC3CC(C1)C(c1ccc(O)cc1)C(C3)C2. The Bertz CT molecular complexity index is 463. The highest BCUT2D eigenvalue weighted by atomic mass is 16.3. The Balaban J connectivity index is 1.67. The van der Waals surface area contributed by atoms with Crippen LogP contribution in [0, 0.1) is 23.2 Å². The molecule has 0 saturated heterocycles. The van der Waals surface area contributed by atoms with E-state index in [4.69, 9.17) is 0 Å². The standard InChI is InChI=1S/C17H22O2/c18-10-17-7-11-5-13(8-17)16(14(6-11)9-17)12-1-3-15(19)4-2-12/h1-4,11,13-14,16,18-19H,5-10H2. The molecule has 0 aliphatic heterocycles. The van der Waals surface area contributed by atoms with Crippen LogP contribution in [-0.2, 0) is 0 Å². The van der Waals surface area contributed by atoms with Gasteiger partial charge in [-0.3, -0.25) is 0 Å². The number of phenolic OH excluding ortho intramolecular Hbond substituents is 1. The number of hydrogen-bond acceptors (Lipinski definition) is 2. The fourth-order valence-corrected chi connectivity index (χ4v) is 5.63. The molecule has 4 saturated carbocycles. The Morgan fingerprint density at radius 1 is 1.00 bits per heavy atom. The summed E-state index contributed by atoms with van der Waals surface area (Å²) in [7, 11) is 0. The van der Waals surface area contributed by atoms with Gasteiger partial charge in [0.2, 0.25) is 0 Å². The van der Waals surface area contributed by atoms with Gasteiger partial charge in [0.1, 0.15) is 5.75 Å². The second kappa shape index (κ2) is 3.99. The lowest BCUT2D eigenvalue weighted by Gasteiger charge is -2.60. The third-order valence-electron chi connectivity index (χ3n) is 6.01. The lowest BCUT2D eigenvalue weighted by atomic mass is 9.45. The Morgan fingerprint density at radius 3 is 2.21 bits per heavy atom. The lowest BCUT2D eigenvalue weighted by molar-refractivity contribution is -0.0936. The number of benzene rings is 1. The maximum absolute atomic E-state index is 9.79. The van der Waals surface area contributed by atoms with Crippen molar-refractivity contribution in [2.24, 2.45) is 23.2 Å². The van der Waals surface area contributed by atoms with Gasteiger partial charge in [-0.2, -0.15) is 0 Å². The summed E-state index contributed by atoms with van der Waals surface area (Å²) in [6.07, 6.45) is 6.39. The molecule has 4 aliphatic carbocycles. The van der Waals surface area contributed by atoms with Crippen LogP contribution in [0.4, 0.5) is 0 Å². The van der Waals surface area contributed by atoms with Gasteiger partial charge in [0, 0.05) is 6.61 Å². The van der Waals surface area contributed by atoms with Crippen molar-refractivity contribution >= 4 is 0 Å². The van der Waals surface area contributed by atoms with Crippen molar-refractivity contribution in [2.75, 3.05) is 6.61 Å². The van der Waals surface area contributed by atoms with E-state index < -0.39 is 0 Å². The third kappa shape index (κ3) is 1.73. The lowest BCUT2D eigenvalue weighted by Crippen LogP contribution is -2.51. The van der Waals surface area contributed by atoms with Crippen molar-refractivity contribution in [1.29, 1.82) is 0 Å². The van der Waals surface area contributed by atoms with Crippen molar-refractivity contribution in [1.82, 2.24) is 0 Å². The summed E-state index contributed by atoms with van der Waals surface area (Å²) in [6, 6.07) is 7.85. The first kappa shape index (κ1) is 11.8.